The molecule has 1 amide bonds. The van der Waals surface area contributed by atoms with Crippen molar-refractivity contribution >= 4 is 5.91 Å². The number of carbonyl (C=O) groups excluding carboxylic acids is 1. The van der Waals surface area contributed by atoms with Crippen molar-refractivity contribution in [3.05, 3.63) is 35.4 Å². The van der Waals surface area contributed by atoms with E-state index in [2.05, 4.69) is 26.2 Å². The van der Waals surface area contributed by atoms with E-state index in [1.54, 1.807) is 0 Å². The van der Waals surface area contributed by atoms with Crippen LogP contribution in [0.15, 0.2) is 24.3 Å². The van der Waals surface area contributed by atoms with E-state index in [0.29, 0.717) is 12.5 Å². The molecule has 1 aromatic carbocycles. The number of nitrogens with one attached hydrogen (secondary N) is 1. The summed E-state index contributed by atoms with van der Waals surface area (Å²) in [5, 5.41) is 0. The van der Waals surface area contributed by atoms with Crippen molar-refractivity contribution in [2.75, 3.05) is 0 Å². The summed E-state index contributed by atoms with van der Waals surface area (Å²) in [5.41, 5.74) is 4.24. The van der Waals surface area contributed by atoms with Crippen LogP contribution < -0.4 is 11.3 Å². The van der Waals surface area contributed by atoms with Crippen molar-refractivity contribution in [3.8, 4) is 0 Å². The van der Waals surface area contributed by atoms with Gasteiger partial charge in [0.2, 0.25) is 5.91 Å². The van der Waals surface area contributed by atoms with Crippen LogP contribution in [0, 0.1) is 5.92 Å². The molecule has 4 nitrogen and oxygen atoms in total. The van der Waals surface area contributed by atoms with Gasteiger partial charge in [0.15, 0.2) is 0 Å². The zero-order valence-electron chi connectivity index (χ0n) is 12.8. The number of rotatable bonds is 7. The van der Waals surface area contributed by atoms with Gasteiger partial charge in [0.1, 0.15) is 0 Å². The normalized spacial score (nSPS) is 14.1. The van der Waals surface area contributed by atoms with E-state index in [1.807, 2.05) is 31.2 Å². The van der Waals surface area contributed by atoms with E-state index >= 15 is 0 Å². The molecule has 4 heteroatoms. The minimum absolute atomic E-state index is 0.181. The number of hydrogen-bond acceptors (Lipinski definition) is 3. The molecule has 20 heavy (non-hydrogen) atoms. The van der Waals surface area contributed by atoms with Crippen molar-refractivity contribution < 1.29 is 9.53 Å². The third-order valence-corrected chi connectivity index (χ3v) is 3.35. The van der Waals surface area contributed by atoms with E-state index in [9.17, 15) is 4.79 Å². The Bertz CT molecular complexity index is 415. The van der Waals surface area contributed by atoms with E-state index in [4.69, 9.17) is 10.6 Å². The zero-order valence-corrected chi connectivity index (χ0v) is 12.8. The second-order valence-electron chi connectivity index (χ2n) is 5.72. The number of hydrogen-bond donors (Lipinski definition) is 2. The van der Waals surface area contributed by atoms with Gasteiger partial charge in [0, 0.05) is 0 Å². The first-order valence-corrected chi connectivity index (χ1v) is 7.15. The largest absolute Gasteiger partial charge is 0.374 e. The first kappa shape index (κ1) is 16.7. The van der Waals surface area contributed by atoms with Gasteiger partial charge in [-0.05, 0) is 37.3 Å². The van der Waals surface area contributed by atoms with Gasteiger partial charge in [0.05, 0.1) is 18.6 Å². The minimum Gasteiger partial charge on any atom is -0.374 e. The van der Waals surface area contributed by atoms with Crippen LogP contribution >= 0.6 is 0 Å². The molecule has 0 bridgehead atoms. The van der Waals surface area contributed by atoms with E-state index in [1.165, 1.54) is 0 Å². The molecule has 1 rings (SSSR count). The lowest BCUT2D eigenvalue weighted by Crippen LogP contribution is -2.33. The highest BCUT2D eigenvalue weighted by Gasteiger charge is 2.13. The monoisotopic (exact) mass is 278 g/mol. The van der Waals surface area contributed by atoms with Gasteiger partial charge in [-0.15, -0.1) is 0 Å². The van der Waals surface area contributed by atoms with Crippen molar-refractivity contribution in [1.29, 1.82) is 0 Å². The summed E-state index contributed by atoms with van der Waals surface area (Å²) < 4.78 is 5.81. The first-order chi connectivity index (χ1) is 9.43. The Labute approximate surface area is 121 Å². The third kappa shape index (κ3) is 5.31. The summed E-state index contributed by atoms with van der Waals surface area (Å²) >= 11 is 0. The fraction of sp³-hybridized carbons (Fsp3) is 0.562. The van der Waals surface area contributed by atoms with E-state index < -0.39 is 0 Å². The van der Waals surface area contributed by atoms with Crippen LogP contribution in [0.3, 0.4) is 0 Å². The molecule has 0 aliphatic carbocycles. The van der Waals surface area contributed by atoms with Crippen LogP contribution in [-0.4, -0.2) is 12.0 Å². The fourth-order valence-electron chi connectivity index (χ4n) is 2.15. The van der Waals surface area contributed by atoms with Crippen LogP contribution in [0.1, 0.15) is 51.2 Å². The molecule has 112 valence electrons. The fourth-order valence-corrected chi connectivity index (χ4v) is 2.15. The number of amides is 1. The molecular weight excluding hydrogens is 252 g/mol. The molecule has 0 aliphatic heterocycles. The zero-order chi connectivity index (χ0) is 15.1. The van der Waals surface area contributed by atoms with Crippen molar-refractivity contribution in [2.45, 2.75) is 52.7 Å². The van der Waals surface area contributed by atoms with Gasteiger partial charge in [0.25, 0.3) is 0 Å². The molecule has 0 saturated carbocycles. The van der Waals surface area contributed by atoms with Gasteiger partial charge in [-0.25, -0.2) is 5.84 Å². The Hall–Kier alpha value is -1.39. The molecule has 2 unspecified atom stereocenters. The summed E-state index contributed by atoms with van der Waals surface area (Å²) in [6, 6.07) is 7.90. The average Bonchev–Trinajstić information content (AvgIpc) is 2.43. The molecule has 0 aliphatic rings. The Morgan fingerprint density at radius 3 is 2.30 bits per heavy atom. The average molecular weight is 278 g/mol. The lowest BCUT2D eigenvalue weighted by Gasteiger charge is -2.15. The second kappa shape index (κ2) is 8.02. The molecule has 0 fully saturated rings. The van der Waals surface area contributed by atoms with Crippen molar-refractivity contribution in [1.82, 2.24) is 5.43 Å². The highest BCUT2D eigenvalue weighted by Crippen LogP contribution is 2.17. The lowest BCUT2D eigenvalue weighted by atomic mass is 9.99. The van der Waals surface area contributed by atoms with Gasteiger partial charge < -0.3 is 4.74 Å². The summed E-state index contributed by atoms with van der Waals surface area (Å²) in [6.45, 7) is 8.92. The number of nitrogens with two attached hydrogens (primary N) is 1. The van der Waals surface area contributed by atoms with Crippen LogP contribution in [0.25, 0.3) is 0 Å². The summed E-state index contributed by atoms with van der Waals surface area (Å²) in [5.74, 6) is 5.36. The molecule has 1 aromatic rings. The molecule has 0 aromatic heterocycles. The Morgan fingerprint density at radius 2 is 1.80 bits per heavy atom. The second-order valence-corrected chi connectivity index (χ2v) is 5.72. The van der Waals surface area contributed by atoms with E-state index in [0.717, 1.165) is 17.5 Å². The molecule has 0 heterocycles. The summed E-state index contributed by atoms with van der Waals surface area (Å²) in [7, 11) is 0. The standard InChI is InChI=1S/C16H26N2O2/c1-11(2)9-12(3)20-10-14-5-7-15(8-6-14)13(4)16(19)18-17/h5-8,11-13H,9-10,17H2,1-4H3,(H,18,19). The van der Waals surface area contributed by atoms with Crippen LogP contribution in [0.2, 0.25) is 0 Å². The van der Waals surface area contributed by atoms with Crippen molar-refractivity contribution in [3.63, 3.8) is 0 Å². The first-order valence-electron chi connectivity index (χ1n) is 7.15. The van der Waals surface area contributed by atoms with Gasteiger partial charge in [-0.3, -0.25) is 10.2 Å². The molecule has 0 spiro atoms. The molecule has 0 radical (unpaired) electrons. The van der Waals surface area contributed by atoms with Gasteiger partial charge in [-0.2, -0.15) is 0 Å². The predicted octanol–water partition coefficient (Wildman–Crippen LogP) is 2.73. The van der Waals surface area contributed by atoms with Gasteiger partial charge in [-0.1, -0.05) is 38.1 Å². The van der Waals surface area contributed by atoms with Crippen LogP contribution in [-0.2, 0) is 16.1 Å². The minimum atomic E-state index is -0.241. The Morgan fingerprint density at radius 1 is 1.20 bits per heavy atom. The SMILES string of the molecule is CC(C)CC(C)OCc1ccc(C(C)C(=O)NN)cc1. The van der Waals surface area contributed by atoms with Gasteiger partial charge >= 0.3 is 0 Å². The highest BCUT2D eigenvalue weighted by molar-refractivity contribution is 5.82. The molecule has 0 saturated heterocycles. The number of benzene rings is 1. The molecular formula is C16H26N2O2. The number of hydrazine groups is 1. The predicted molar refractivity (Wildman–Crippen MR) is 80.9 cm³/mol. The molecule has 3 N–H and O–H groups in total. The number of carbonyl (C=O) groups is 1. The summed E-state index contributed by atoms with van der Waals surface area (Å²) in [6.07, 6.45) is 1.32. The maximum atomic E-state index is 11.5. The van der Waals surface area contributed by atoms with E-state index in [-0.39, 0.29) is 17.9 Å². The van der Waals surface area contributed by atoms with Crippen LogP contribution in [0.4, 0.5) is 0 Å². The quantitative estimate of drug-likeness (QED) is 0.458. The Kier molecular flexibility index (Phi) is 6.68. The Balaban J connectivity index is 2.52. The maximum Gasteiger partial charge on any atom is 0.241 e. The highest BCUT2D eigenvalue weighted by atomic mass is 16.5. The topological polar surface area (TPSA) is 64.3 Å². The lowest BCUT2D eigenvalue weighted by molar-refractivity contribution is -0.122. The maximum absolute atomic E-state index is 11.5. The summed E-state index contributed by atoms with van der Waals surface area (Å²) in [4.78, 5) is 11.5. The molecule has 2 atom stereocenters. The number of ether oxygens (including phenoxy) is 1. The third-order valence-electron chi connectivity index (χ3n) is 3.35. The van der Waals surface area contributed by atoms with Crippen molar-refractivity contribution in [2.24, 2.45) is 11.8 Å². The smallest absolute Gasteiger partial charge is 0.241 e. The van der Waals surface area contributed by atoms with Crippen LogP contribution in [0.5, 0.6) is 0 Å².